The minimum absolute atomic E-state index is 0.415. The van der Waals surface area contributed by atoms with E-state index in [1.54, 1.807) is 0 Å². The standard InChI is InChI=1S/C12H9F6NO4/c1-22-7-5-3-2-4-6(7)10(14)19-9(13,8(20)21)11(15,23-10)12(16,17)18/h2-5,19H,1H3,(H,20,21). The summed E-state index contributed by atoms with van der Waals surface area (Å²) in [6.45, 7) is 0. The van der Waals surface area contributed by atoms with E-state index in [-0.39, 0.29) is 0 Å². The highest BCUT2D eigenvalue weighted by Gasteiger charge is 2.83. The molecule has 128 valence electrons. The highest BCUT2D eigenvalue weighted by Crippen LogP contribution is 2.55. The van der Waals surface area contributed by atoms with Crippen LogP contribution in [0.3, 0.4) is 0 Å². The summed E-state index contributed by atoms with van der Waals surface area (Å²) in [6, 6.07) is 4.31. The quantitative estimate of drug-likeness (QED) is 0.650. The molecule has 1 aromatic rings. The third kappa shape index (κ3) is 2.30. The van der Waals surface area contributed by atoms with Gasteiger partial charge >= 0.3 is 29.8 Å². The number of hydrogen-bond acceptors (Lipinski definition) is 4. The van der Waals surface area contributed by atoms with Gasteiger partial charge in [0.05, 0.1) is 12.7 Å². The van der Waals surface area contributed by atoms with Gasteiger partial charge in [-0.05, 0) is 12.1 Å². The van der Waals surface area contributed by atoms with Crippen LogP contribution in [0.5, 0.6) is 5.75 Å². The van der Waals surface area contributed by atoms with E-state index in [0.29, 0.717) is 0 Å². The molecule has 0 bridgehead atoms. The van der Waals surface area contributed by atoms with Crippen LogP contribution < -0.4 is 10.1 Å². The molecule has 11 heteroatoms. The van der Waals surface area contributed by atoms with Gasteiger partial charge in [0.25, 0.3) is 0 Å². The monoisotopic (exact) mass is 345 g/mol. The number of aliphatic carboxylic acids is 1. The minimum Gasteiger partial charge on any atom is -0.496 e. The Balaban J connectivity index is 2.63. The molecule has 0 aliphatic carbocycles. The maximum absolute atomic E-state index is 14.7. The van der Waals surface area contributed by atoms with E-state index in [4.69, 9.17) is 5.11 Å². The molecule has 0 aromatic heterocycles. The first-order valence-electron chi connectivity index (χ1n) is 5.91. The van der Waals surface area contributed by atoms with E-state index in [9.17, 15) is 31.1 Å². The second kappa shape index (κ2) is 4.99. The fourth-order valence-corrected chi connectivity index (χ4v) is 2.07. The number of rotatable bonds is 3. The molecule has 3 unspecified atom stereocenters. The molecule has 1 aliphatic heterocycles. The van der Waals surface area contributed by atoms with Crippen LogP contribution >= 0.6 is 0 Å². The molecule has 2 N–H and O–H groups in total. The number of para-hydroxylation sites is 1. The number of benzene rings is 1. The van der Waals surface area contributed by atoms with Gasteiger partial charge in [-0.2, -0.15) is 22.0 Å². The smallest absolute Gasteiger partial charge is 0.454 e. The third-order valence-electron chi connectivity index (χ3n) is 3.17. The molecule has 5 nitrogen and oxygen atoms in total. The number of nitrogens with one attached hydrogen (secondary N) is 1. The normalized spacial score (nSPS) is 34.4. The van der Waals surface area contributed by atoms with Crippen LogP contribution in [0.15, 0.2) is 24.3 Å². The van der Waals surface area contributed by atoms with Gasteiger partial charge in [-0.25, -0.2) is 14.5 Å². The molecule has 3 atom stereocenters. The van der Waals surface area contributed by atoms with Crippen molar-refractivity contribution in [2.75, 3.05) is 7.11 Å². The SMILES string of the molecule is COc1ccccc1C1(F)NC(F)(C(=O)O)C(F)(C(F)(F)F)O1. The number of carboxylic acid groups (broad SMARTS) is 1. The first-order chi connectivity index (χ1) is 10.4. The molecule has 0 amide bonds. The minimum atomic E-state index is -6.18. The fraction of sp³-hybridized carbons (Fsp3) is 0.417. The summed E-state index contributed by atoms with van der Waals surface area (Å²) in [6.07, 6.45) is -6.18. The lowest BCUT2D eigenvalue weighted by Crippen LogP contribution is -2.63. The van der Waals surface area contributed by atoms with E-state index in [1.165, 1.54) is 6.07 Å². The van der Waals surface area contributed by atoms with Crippen LogP contribution in [0.25, 0.3) is 0 Å². The number of hydrogen-bond donors (Lipinski definition) is 2. The Morgan fingerprint density at radius 1 is 1.26 bits per heavy atom. The molecule has 1 saturated heterocycles. The number of ether oxygens (including phenoxy) is 2. The summed E-state index contributed by atoms with van der Waals surface area (Å²) in [4.78, 5) is 10.8. The molecule has 1 aliphatic rings. The van der Waals surface area contributed by atoms with Gasteiger partial charge in [0.15, 0.2) is 0 Å². The van der Waals surface area contributed by atoms with E-state index in [0.717, 1.165) is 30.6 Å². The van der Waals surface area contributed by atoms with Gasteiger partial charge in [0.2, 0.25) is 0 Å². The second-order valence-corrected chi connectivity index (χ2v) is 4.58. The molecular weight excluding hydrogens is 336 g/mol. The molecule has 1 heterocycles. The van der Waals surface area contributed by atoms with Crippen molar-refractivity contribution in [2.24, 2.45) is 0 Å². The largest absolute Gasteiger partial charge is 0.496 e. The second-order valence-electron chi connectivity index (χ2n) is 4.58. The van der Waals surface area contributed by atoms with Crippen molar-refractivity contribution in [1.82, 2.24) is 5.32 Å². The number of methoxy groups -OCH3 is 1. The van der Waals surface area contributed by atoms with Crippen molar-refractivity contribution in [3.8, 4) is 5.75 Å². The maximum Gasteiger partial charge on any atom is 0.454 e. The molecule has 1 fully saturated rings. The zero-order chi connectivity index (χ0) is 17.7. The summed E-state index contributed by atoms with van der Waals surface area (Å²) < 4.78 is 89.7. The van der Waals surface area contributed by atoms with E-state index in [2.05, 4.69) is 9.47 Å². The number of alkyl halides is 6. The van der Waals surface area contributed by atoms with Gasteiger partial charge < -0.3 is 9.84 Å². The van der Waals surface area contributed by atoms with Crippen molar-refractivity contribution < 1.29 is 45.7 Å². The molecular formula is C12H9F6NO4. The maximum atomic E-state index is 14.7. The number of halogens is 6. The van der Waals surface area contributed by atoms with Gasteiger partial charge in [-0.1, -0.05) is 12.1 Å². The van der Waals surface area contributed by atoms with E-state index < -0.39 is 41.1 Å². The van der Waals surface area contributed by atoms with Crippen LogP contribution in [-0.4, -0.2) is 36.0 Å². The predicted octanol–water partition coefficient (Wildman–Crippen LogP) is 2.37. The van der Waals surface area contributed by atoms with Crippen LogP contribution in [0.4, 0.5) is 26.3 Å². The summed E-state index contributed by atoms with van der Waals surface area (Å²) in [5.41, 5.74) is -0.866. The topological polar surface area (TPSA) is 67.8 Å². The number of carboxylic acids is 1. The lowest BCUT2D eigenvalue weighted by molar-refractivity contribution is -0.376. The van der Waals surface area contributed by atoms with Gasteiger partial charge in [0, 0.05) is 0 Å². The van der Waals surface area contributed by atoms with Crippen LogP contribution in [0, 0.1) is 0 Å². The molecule has 1 aromatic carbocycles. The summed E-state index contributed by atoms with van der Waals surface area (Å²) >= 11 is 0. The lowest BCUT2D eigenvalue weighted by atomic mass is 10.1. The van der Waals surface area contributed by atoms with Crippen LogP contribution in [0.2, 0.25) is 0 Å². The van der Waals surface area contributed by atoms with Crippen molar-refractivity contribution in [3.63, 3.8) is 0 Å². The van der Waals surface area contributed by atoms with Crippen molar-refractivity contribution in [2.45, 2.75) is 23.8 Å². The van der Waals surface area contributed by atoms with Gasteiger partial charge in [0.1, 0.15) is 5.75 Å². The van der Waals surface area contributed by atoms with Gasteiger partial charge in [-0.15, -0.1) is 0 Å². The first-order valence-corrected chi connectivity index (χ1v) is 5.91. The Hall–Kier alpha value is -2.01. The Labute approximate surface area is 124 Å². The molecule has 0 spiro atoms. The molecule has 2 rings (SSSR count). The zero-order valence-electron chi connectivity index (χ0n) is 11.2. The highest BCUT2D eigenvalue weighted by molar-refractivity contribution is 5.79. The molecule has 0 saturated carbocycles. The summed E-state index contributed by atoms with van der Waals surface area (Å²) in [7, 11) is 1.02. The average Bonchev–Trinajstić information content (AvgIpc) is 2.68. The number of carbonyl (C=O) groups is 1. The van der Waals surface area contributed by atoms with E-state index in [1.807, 2.05) is 0 Å². The zero-order valence-corrected chi connectivity index (χ0v) is 11.2. The Morgan fingerprint density at radius 2 is 1.83 bits per heavy atom. The first kappa shape index (κ1) is 17.3. The van der Waals surface area contributed by atoms with Crippen molar-refractivity contribution in [1.29, 1.82) is 0 Å². The third-order valence-corrected chi connectivity index (χ3v) is 3.17. The molecule has 0 radical (unpaired) electrons. The highest BCUT2D eigenvalue weighted by atomic mass is 19.4. The van der Waals surface area contributed by atoms with Crippen molar-refractivity contribution in [3.05, 3.63) is 29.8 Å². The Bertz CT molecular complexity index is 640. The Morgan fingerprint density at radius 3 is 2.26 bits per heavy atom. The fourth-order valence-electron chi connectivity index (χ4n) is 2.07. The Kier molecular flexibility index (Phi) is 3.77. The van der Waals surface area contributed by atoms with Gasteiger partial charge in [-0.3, -0.25) is 4.74 Å². The lowest BCUT2D eigenvalue weighted by Gasteiger charge is -2.28. The average molecular weight is 345 g/mol. The van der Waals surface area contributed by atoms with Crippen LogP contribution in [-0.2, 0) is 15.5 Å². The predicted molar refractivity (Wildman–Crippen MR) is 61.4 cm³/mol. The van der Waals surface area contributed by atoms with Crippen molar-refractivity contribution >= 4 is 5.97 Å². The summed E-state index contributed by atoms with van der Waals surface area (Å²) in [5.74, 6) is -17.7. The van der Waals surface area contributed by atoms with E-state index >= 15 is 0 Å². The van der Waals surface area contributed by atoms with Crippen LogP contribution in [0.1, 0.15) is 5.56 Å². The summed E-state index contributed by atoms with van der Waals surface area (Å²) in [5, 5.41) is 9.42. The molecule has 23 heavy (non-hydrogen) atoms.